The van der Waals surface area contributed by atoms with Crippen molar-refractivity contribution in [3.05, 3.63) is 31.8 Å². The molecule has 0 atom stereocenters. The molecule has 1 saturated carbocycles. The third-order valence-electron chi connectivity index (χ3n) is 4.84. The van der Waals surface area contributed by atoms with Gasteiger partial charge in [0.05, 0.1) is 15.9 Å². The van der Waals surface area contributed by atoms with E-state index in [1.54, 1.807) is 0 Å². The second-order valence-corrected chi connectivity index (χ2v) is 7.83. The van der Waals surface area contributed by atoms with Crippen molar-refractivity contribution in [1.29, 1.82) is 0 Å². The number of rotatable bonds is 3. The highest BCUT2D eigenvalue weighted by Crippen LogP contribution is 2.38. The molecular formula is C16H19F2N3O4S. The number of amides is 1. The van der Waals surface area contributed by atoms with E-state index in [-0.39, 0.29) is 29.6 Å². The van der Waals surface area contributed by atoms with Crippen molar-refractivity contribution >= 4 is 27.5 Å². The van der Waals surface area contributed by atoms with Crippen LogP contribution in [0.3, 0.4) is 0 Å². The molecule has 26 heavy (non-hydrogen) atoms. The highest BCUT2D eigenvalue weighted by Gasteiger charge is 2.42. The fourth-order valence-corrected chi connectivity index (χ4v) is 4.09. The quantitative estimate of drug-likeness (QED) is 0.821. The minimum Gasteiger partial charge on any atom is -0.388 e. The van der Waals surface area contributed by atoms with Gasteiger partial charge in [0.15, 0.2) is 0 Å². The van der Waals surface area contributed by atoms with Crippen molar-refractivity contribution in [1.82, 2.24) is 14.5 Å². The summed E-state index contributed by atoms with van der Waals surface area (Å²) in [4.78, 5) is 37.1. The molecule has 1 aliphatic rings. The third-order valence-corrected chi connectivity index (χ3v) is 6.05. The van der Waals surface area contributed by atoms with E-state index in [9.17, 15) is 28.3 Å². The summed E-state index contributed by atoms with van der Waals surface area (Å²) < 4.78 is 28.7. The molecule has 1 amide bonds. The maximum atomic E-state index is 13.2. The average molecular weight is 387 g/mol. The molecule has 1 fully saturated rings. The Morgan fingerprint density at radius 2 is 1.85 bits per heavy atom. The number of carbonyl (C=O) groups is 1. The molecule has 0 spiro atoms. The van der Waals surface area contributed by atoms with Gasteiger partial charge >= 0.3 is 5.69 Å². The van der Waals surface area contributed by atoms with E-state index in [4.69, 9.17) is 0 Å². The number of hydrogen-bond acceptors (Lipinski definition) is 5. The Morgan fingerprint density at radius 1 is 1.23 bits per heavy atom. The Hall–Kier alpha value is -2.07. The summed E-state index contributed by atoms with van der Waals surface area (Å²) in [6, 6.07) is 1.40. The third kappa shape index (κ3) is 3.30. The van der Waals surface area contributed by atoms with Gasteiger partial charge in [-0.1, -0.05) is 0 Å². The maximum Gasteiger partial charge on any atom is 0.331 e. The second-order valence-electron chi connectivity index (χ2n) is 6.80. The first-order valence-corrected chi connectivity index (χ1v) is 8.93. The Bertz CT molecular complexity index is 982. The lowest BCUT2D eigenvalue weighted by Crippen LogP contribution is -2.47. The molecule has 1 aliphatic carbocycles. The molecule has 2 N–H and O–H groups in total. The van der Waals surface area contributed by atoms with Crippen LogP contribution in [0.4, 0.5) is 8.78 Å². The Kier molecular flexibility index (Phi) is 4.51. The average Bonchev–Trinajstić information content (AvgIpc) is 3.05. The molecule has 0 aliphatic heterocycles. The van der Waals surface area contributed by atoms with Crippen LogP contribution in [0.1, 0.15) is 35.4 Å². The number of halogens is 2. The number of aromatic nitrogens is 2. The summed E-state index contributed by atoms with van der Waals surface area (Å²) in [6.45, 7) is -0.146. The predicted molar refractivity (Wildman–Crippen MR) is 93.0 cm³/mol. The van der Waals surface area contributed by atoms with E-state index in [1.807, 2.05) is 0 Å². The van der Waals surface area contributed by atoms with Crippen molar-refractivity contribution in [3.63, 3.8) is 0 Å². The number of aryl methyl sites for hydroxylation is 1. The van der Waals surface area contributed by atoms with Gasteiger partial charge < -0.3 is 10.4 Å². The SMILES string of the molecule is Cn1c(=O)c2cc(C(=O)NCC3(O)CCC(F)(F)CC3)sc2n(C)c1=O. The zero-order valence-corrected chi connectivity index (χ0v) is 15.2. The van der Waals surface area contributed by atoms with Crippen LogP contribution in [0.15, 0.2) is 15.7 Å². The molecule has 10 heteroatoms. The number of aliphatic hydroxyl groups is 1. The van der Waals surface area contributed by atoms with Crippen molar-refractivity contribution < 1.29 is 18.7 Å². The lowest BCUT2D eigenvalue weighted by atomic mass is 9.83. The van der Waals surface area contributed by atoms with Crippen LogP contribution in [-0.4, -0.2) is 38.2 Å². The zero-order chi connectivity index (χ0) is 19.3. The fourth-order valence-electron chi connectivity index (χ4n) is 3.06. The van der Waals surface area contributed by atoms with Gasteiger partial charge in [-0.15, -0.1) is 11.3 Å². The Morgan fingerprint density at radius 3 is 2.46 bits per heavy atom. The number of nitrogens with one attached hydrogen (secondary N) is 1. The number of hydrogen-bond donors (Lipinski definition) is 2. The molecule has 0 bridgehead atoms. The van der Waals surface area contributed by atoms with Gasteiger partial charge in [0.2, 0.25) is 5.92 Å². The van der Waals surface area contributed by atoms with E-state index in [1.165, 1.54) is 24.7 Å². The minimum absolute atomic E-state index is 0.0955. The first-order valence-electron chi connectivity index (χ1n) is 8.11. The molecule has 0 aromatic carbocycles. The van der Waals surface area contributed by atoms with Gasteiger partial charge in [-0.2, -0.15) is 0 Å². The standard InChI is InChI=1S/C16H19F2N3O4S/c1-20-12(23)9-7-10(26-13(9)21(2)14(20)24)11(22)19-8-15(25)3-5-16(17,18)6-4-15/h7,25H,3-6,8H2,1-2H3,(H,19,22). The highest BCUT2D eigenvalue weighted by molar-refractivity contribution is 7.20. The van der Waals surface area contributed by atoms with Gasteiger partial charge in [0.1, 0.15) is 4.83 Å². The Balaban J connectivity index is 1.79. The smallest absolute Gasteiger partial charge is 0.331 e. The van der Waals surface area contributed by atoms with Crippen LogP contribution in [0.5, 0.6) is 0 Å². The largest absolute Gasteiger partial charge is 0.388 e. The molecule has 7 nitrogen and oxygen atoms in total. The van der Waals surface area contributed by atoms with E-state index < -0.39 is 41.5 Å². The monoisotopic (exact) mass is 387 g/mol. The van der Waals surface area contributed by atoms with Gasteiger partial charge in [-0.25, -0.2) is 13.6 Å². The summed E-state index contributed by atoms with van der Waals surface area (Å²) in [5, 5.41) is 13.2. The van der Waals surface area contributed by atoms with Gasteiger partial charge in [-0.3, -0.25) is 18.7 Å². The number of carbonyl (C=O) groups excluding carboxylic acids is 1. The van der Waals surface area contributed by atoms with Crippen molar-refractivity contribution in [3.8, 4) is 0 Å². The van der Waals surface area contributed by atoms with E-state index >= 15 is 0 Å². The van der Waals surface area contributed by atoms with Gasteiger partial charge in [0, 0.05) is 33.5 Å². The van der Waals surface area contributed by atoms with Gasteiger partial charge in [-0.05, 0) is 18.9 Å². The van der Waals surface area contributed by atoms with E-state index in [2.05, 4.69) is 5.32 Å². The first-order chi connectivity index (χ1) is 12.0. The second kappa shape index (κ2) is 6.27. The summed E-state index contributed by atoms with van der Waals surface area (Å²) in [6.07, 6.45) is -1.02. The summed E-state index contributed by atoms with van der Waals surface area (Å²) >= 11 is 0.990. The minimum atomic E-state index is -2.77. The summed E-state index contributed by atoms with van der Waals surface area (Å²) in [7, 11) is 2.86. The first kappa shape index (κ1) is 18.7. The fraction of sp³-hybridized carbons (Fsp3) is 0.562. The van der Waals surface area contributed by atoms with Crippen LogP contribution < -0.4 is 16.6 Å². The molecular weight excluding hydrogens is 368 g/mol. The molecule has 0 radical (unpaired) electrons. The van der Waals surface area contributed by atoms with Gasteiger partial charge in [0.25, 0.3) is 11.5 Å². The summed E-state index contributed by atoms with van der Waals surface area (Å²) in [5.74, 6) is -3.29. The molecule has 0 unspecified atom stereocenters. The predicted octanol–water partition coefficient (Wildman–Crippen LogP) is 0.969. The van der Waals surface area contributed by atoms with Crippen molar-refractivity contribution in [2.24, 2.45) is 14.1 Å². The lowest BCUT2D eigenvalue weighted by molar-refractivity contribution is -0.101. The van der Waals surface area contributed by atoms with E-state index in [0.717, 1.165) is 15.9 Å². The Labute approximate surface area is 150 Å². The van der Waals surface area contributed by atoms with Crippen LogP contribution in [0, 0.1) is 0 Å². The molecule has 3 rings (SSSR count). The van der Waals surface area contributed by atoms with Crippen molar-refractivity contribution in [2.75, 3.05) is 6.54 Å². The van der Waals surface area contributed by atoms with Crippen LogP contribution in [0.25, 0.3) is 10.2 Å². The maximum absolute atomic E-state index is 13.2. The molecule has 2 heterocycles. The summed E-state index contributed by atoms with van der Waals surface area (Å²) in [5.41, 5.74) is -2.35. The number of nitrogens with zero attached hydrogens (tertiary/aromatic N) is 2. The zero-order valence-electron chi connectivity index (χ0n) is 14.3. The number of thiophene rings is 1. The number of fused-ring (bicyclic) bond motifs is 1. The highest BCUT2D eigenvalue weighted by atomic mass is 32.1. The molecule has 0 saturated heterocycles. The van der Waals surface area contributed by atoms with Crippen molar-refractivity contribution in [2.45, 2.75) is 37.2 Å². The normalized spacial score (nSPS) is 18.8. The molecule has 2 aromatic heterocycles. The van der Waals surface area contributed by atoms with Crippen LogP contribution in [-0.2, 0) is 14.1 Å². The topological polar surface area (TPSA) is 93.3 Å². The van der Waals surface area contributed by atoms with Crippen LogP contribution >= 0.6 is 11.3 Å². The lowest BCUT2D eigenvalue weighted by Gasteiger charge is -2.35. The number of alkyl halides is 2. The van der Waals surface area contributed by atoms with Crippen LogP contribution in [0.2, 0.25) is 0 Å². The van der Waals surface area contributed by atoms with E-state index in [0.29, 0.717) is 4.83 Å². The molecule has 2 aromatic rings. The molecule has 142 valence electrons.